The minimum absolute atomic E-state index is 0.297. The van der Waals surface area contributed by atoms with Gasteiger partial charge in [0.15, 0.2) is 0 Å². The second-order valence-corrected chi connectivity index (χ2v) is 10.4. The number of benzene rings is 2. The second-order valence-electron chi connectivity index (χ2n) is 10.4. The van der Waals surface area contributed by atoms with Crippen LogP contribution in [0.5, 0.6) is 11.5 Å². The Morgan fingerprint density at radius 1 is 0.528 bits per heavy atom. The second kappa shape index (κ2) is 13.1. The van der Waals surface area contributed by atoms with Gasteiger partial charge >= 0.3 is 0 Å². The first-order chi connectivity index (χ1) is 17.7. The molecule has 0 radical (unpaired) electrons. The van der Waals surface area contributed by atoms with Crippen molar-refractivity contribution in [3.63, 3.8) is 0 Å². The van der Waals surface area contributed by atoms with Crippen LogP contribution in [0.3, 0.4) is 0 Å². The van der Waals surface area contributed by atoms with Gasteiger partial charge in [-0.1, -0.05) is 90.2 Å². The van der Waals surface area contributed by atoms with E-state index >= 15 is 0 Å². The minimum atomic E-state index is -0.530. The van der Waals surface area contributed by atoms with E-state index in [0.717, 1.165) is 46.6 Å². The standard InChI is InChI=1S/C32H42O4/c1-3-5-7-9-11-13-19-35-23-15-17-25-27(21-23)29-26-18-16-24(36-20-14-12-10-8-6-4-2)22-28(26)30(25)32(34)31(29)33/h15-18,21-22,29-30H,3-14,19-20H2,1-2H3. The maximum atomic E-state index is 13.0. The summed E-state index contributed by atoms with van der Waals surface area (Å²) in [6.07, 6.45) is 14.6. The number of fused-ring (bicyclic) bond motifs is 1. The predicted molar refractivity (Wildman–Crippen MR) is 144 cm³/mol. The zero-order valence-electron chi connectivity index (χ0n) is 22.2. The first kappa shape index (κ1) is 26.4. The number of carbonyl (C=O) groups is 2. The molecule has 3 aliphatic rings. The van der Waals surface area contributed by atoms with Crippen LogP contribution in [0.25, 0.3) is 0 Å². The molecule has 0 saturated carbocycles. The third kappa shape index (κ3) is 6.02. The molecule has 4 nitrogen and oxygen atoms in total. The van der Waals surface area contributed by atoms with Crippen molar-refractivity contribution in [2.24, 2.45) is 0 Å². The van der Waals surface area contributed by atoms with Crippen LogP contribution in [0.4, 0.5) is 0 Å². The normalized spacial score (nSPS) is 17.7. The van der Waals surface area contributed by atoms with Gasteiger partial charge < -0.3 is 9.47 Å². The first-order valence-corrected chi connectivity index (χ1v) is 14.3. The average Bonchev–Trinajstić information content (AvgIpc) is 2.89. The van der Waals surface area contributed by atoms with Crippen LogP contribution < -0.4 is 9.47 Å². The molecule has 194 valence electrons. The molecule has 0 fully saturated rings. The molecule has 0 amide bonds. The van der Waals surface area contributed by atoms with Crippen molar-refractivity contribution >= 4 is 11.6 Å². The van der Waals surface area contributed by atoms with Crippen LogP contribution >= 0.6 is 0 Å². The van der Waals surface area contributed by atoms with Crippen molar-refractivity contribution in [1.29, 1.82) is 0 Å². The highest BCUT2D eigenvalue weighted by atomic mass is 16.5. The summed E-state index contributed by atoms with van der Waals surface area (Å²) in [5, 5.41) is 0. The van der Waals surface area contributed by atoms with Crippen molar-refractivity contribution in [1.82, 2.24) is 0 Å². The number of hydrogen-bond donors (Lipinski definition) is 0. The van der Waals surface area contributed by atoms with E-state index in [1.807, 2.05) is 36.4 Å². The Bertz CT molecular complexity index is 957. The molecule has 2 bridgehead atoms. The van der Waals surface area contributed by atoms with Crippen LogP contribution in [0.15, 0.2) is 36.4 Å². The fourth-order valence-electron chi connectivity index (χ4n) is 5.64. The number of rotatable bonds is 16. The van der Waals surface area contributed by atoms with Gasteiger partial charge in [-0.2, -0.15) is 0 Å². The summed E-state index contributed by atoms with van der Waals surface area (Å²) in [7, 11) is 0. The fraction of sp³-hybridized carbons (Fsp3) is 0.562. The van der Waals surface area contributed by atoms with Crippen molar-refractivity contribution in [2.45, 2.75) is 103 Å². The third-order valence-corrected chi connectivity index (χ3v) is 7.66. The zero-order valence-corrected chi connectivity index (χ0v) is 22.2. The van der Waals surface area contributed by atoms with Gasteiger partial charge in [0.2, 0.25) is 11.6 Å². The molecule has 0 N–H and O–H groups in total. The highest BCUT2D eigenvalue weighted by Crippen LogP contribution is 2.51. The number of hydrogen-bond acceptors (Lipinski definition) is 4. The molecule has 2 atom stereocenters. The quantitative estimate of drug-likeness (QED) is 0.177. The molecule has 2 unspecified atom stereocenters. The van der Waals surface area contributed by atoms with Gasteiger partial charge in [-0.3, -0.25) is 9.59 Å². The average molecular weight is 491 g/mol. The molecule has 0 saturated heterocycles. The van der Waals surface area contributed by atoms with E-state index in [9.17, 15) is 9.59 Å². The van der Waals surface area contributed by atoms with Crippen LogP contribution in [-0.4, -0.2) is 24.8 Å². The highest BCUT2D eigenvalue weighted by Gasteiger charge is 2.49. The van der Waals surface area contributed by atoms with Crippen molar-refractivity contribution in [3.05, 3.63) is 58.7 Å². The van der Waals surface area contributed by atoms with E-state index in [-0.39, 0.29) is 11.6 Å². The van der Waals surface area contributed by atoms with Gasteiger partial charge in [-0.25, -0.2) is 0 Å². The summed E-state index contributed by atoms with van der Waals surface area (Å²) in [6, 6.07) is 11.8. The SMILES string of the molecule is CCCCCCCCOc1ccc2c(c1)C1C(=O)C(=O)C2c2cc(OCCCCCCCC)ccc21. The maximum Gasteiger partial charge on any atom is 0.211 e. The van der Waals surface area contributed by atoms with Crippen LogP contribution in [0.1, 0.15) is 125 Å². The van der Waals surface area contributed by atoms with Gasteiger partial charge in [0.05, 0.1) is 25.0 Å². The minimum Gasteiger partial charge on any atom is -0.494 e. The molecule has 5 rings (SSSR count). The maximum absolute atomic E-state index is 13.0. The van der Waals surface area contributed by atoms with Gasteiger partial charge in [0.1, 0.15) is 11.5 Å². The van der Waals surface area contributed by atoms with E-state index in [1.54, 1.807) is 0 Å². The zero-order chi connectivity index (χ0) is 25.3. The molecule has 2 aromatic carbocycles. The summed E-state index contributed by atoms with van der Waals surface area (Å²) in [5.41, 5.74) is 3.74. The summed E-state index contributed by atoms with van der Waals surface area (Å²) in [6.45, 7) is 5.82. The molecule has 3 aliphatic carbocycles. The molecule has 0 heterocycles. The smallest absolute Gasteiger partial charge is 0.211 e. The van der Waals surface area contributed by atoms with Gasteiger partial charge in [-0.15, -0.1) is 0 Å². The number of unbranched alkanes of at least 4 members (excludes halogenated alkanes) is 10. The Hall–Kier alpha value is -2.62. The Morgan fingerprint density at radius 3 is 1.33 bits per heavy atom. The van der Waals surface area contributed by atoms with Crippen LogP contribution in [-0.2, 0) is 9.59 Å². The van der Waals surface area contributed by atoms with Gasteiger partial charge in [0.25, 0.3) is 0 Å². The first-order valence-electron chi connectivity index (χ1n) is 14.3. The molecule has 2 aromatic rings. The summed E-state index contributed by atoms with van der Waals surface area (Å²) < 4.78 is 12.0. The lowest BCUT2D eigenvalue weighted by molar-refractivity contribution is -0.138. The molecule has 0 aromatic heterocycles. The van der Waals surface area contributed by atoms with Crippen molar-refractivity contribution in [3.8, 4) is 11.5 Å². The lowest BCUT2D eigenvalue weighted by Crippen LogP contribution is -2.40. The molecular formula is C32H42O4. The lowest BCUT2D eigenvalue weighted by Gasteiger charge is -2.38. The van der Waals surface area contributed by atoms with Crippen molar-refractivity contribution in [2.75, 3.05) is 13.2 Å². The van der Waals surface area contributed by atoms with E-state index in [0.29, 0.717) is 13.2 Å². The molecule has 36 heavy (non-hydrogen) atoms. The van der Waals surface area contributed by atoms with E-state index < -0.39 is 11.8 Å². The largest absolute Gasteiger partial charge is 0.494 e. The topological polar surface area (TPSA) is 52.6 Å². The summed E-state index contributed by atoms with van der Waals surface area (Å²) in [5.74, 6) is -0.0795. The van der Waals surface area contributed by atoms with Gasteiger partial charge in [0, 0.05) is 0 Å². The number of ether oxygens (including phenoxy) is 2. The monoisotopic (exact) mass is 490 g/mol. The Morgan fingerprint density at radius 2 is 0.917 bits per heavy atom. The Labute approximate surface area is 216 Å². The molecule has 0 spiro atoms. The fourth-order valence-corrected chi connectivity index (χ4v) is 5.64. The van der Waals surface area contributed by atoms with E-state index in [1.165, 1.54) is 64.2 Å². The van der Waals surface area contributed by atoms with Gasteiger partial charge in [-0.05, 0) is 59.4 Å². The number of ketones is 2. The summed E-state index contributed by atoms with van der Waals surface area (Å²) >= 11 is 0. The molecule has 0 aliphatic heterocycles. The third-order valence-electron chi connectivity index (χ3n) is 7.66. The predicted octanol–water partition coefficient (Wildman–Crippen LogP) is 7.89. The molecular weight excluding hydrogens is 448 g/mol. The Balaban J connectivity index is 1.39. The van der Waals surface area contributed by atoms with Crippen molar-refractivity contribution < 1.29 is 19.1 Å². The number of Topliss-reactive ketones (excluding diaryl/α,β-unsaturated/α-hetero) is 2. The van der Waals surface area contributed by atoms with E-state index in [4.69, 9.17) is 9.47 Å². The lowest BCUT2D eigenvalue weighted by atomic mass is 9.62. The van der Waals surface area contributed by atoms with E-state index in [2.05, 4.69) is 13.8 Å². The summed E-state index contributed by atoms with van der Waals surface area (Å²) in [4.78, 5) is 26.0. The Kier molecular flexibility index (Phi) is 9.60. The van der Waals surface area contributed by atoms with Crippen LogP contribution in [0.2, 0.25) is 0 Å². The number of carbonyl (C=O) groups excluding carboxylic acids is 2. The molecule has 4 heteroatoms. The van der Waals surface area contributed by atoms with Crippen LogP contribution in [0, 0.1) is 0 Å². The highest BCUT2D eigenvalue weighted by molar-refractivity contribution is 6.45.